The normalized spacial score (nSPS) is 11.2. The first-order chi connectivity index (χ1) is 15.2. The van der Waals surface area contributed by atoms with Crippen molar-refractivity contribution in [2.45, 2.75) is 39.3 Å². The minimum Gasteiger partial charge on any atom is -0.324 e. The summed E-state index contributed by atoms with van der Waals surface area (Å²) in [6, 6.07) is 16.4. The van der Waals surface area contributed by atoms with E-state index in [1.165, 1.54) is 0 Å². The molecule has 0 radical (unpaired) electrons. The summed E-state index contributed by atoms with van der Waals surface area (Å²) in [7, 11) is 0. The molecule has 2 heterocycles. The number of aromatic nitrogens is 6. The van der Waals surface area contributed by atoms with Gasteiger partial charge in [0.15, 0.2) is 11.0 Å². The van der Waals surface area contributed by atoms with E-state index < -0.39 is 0 Å². The zero-order valence-corrected chi connectivity index (χ0v) is 18.0. The van der Waals surface area contributed by atoms with Gasteiger partial charge in [-0.15, -0.1) is 5.10 Å². The monoisotopic (exact) mass is 437 g/mol. The molecule has 0 saturated carbocycles. The first-order valence-corrected chi connectivity index (χ1v) is 10.6. The molecule has 2 aromatic carbocycles. The van der Waals surface area contributed by atoms with Gasteiger partial charge in [-0.25, -0.2) is 16.0 Å². The summed E-state index contributed by atoms with van der Waals surface area (Å²) >= 11 is 6.36. The van der Waals surface area contributed by atoms with Gasteiger partial charge in [0.1, 0.15) is 12.4 Å². The van der Waals surface area contributed by atoms with E-state index in [0.29, 0.717) is 17.5 Å². The third kappa shape index (κ3) is 4.66. The van der Waals surface area contributed by atoms with Gasteiger partial charge in [-0.3, -0.25) is 4.84 Å². The fraction of sp³-hybridized carbons (Fsp3) is 0.273. The van der Waals surface area contributed by atoms with Crippen molar-refractivity contribution in [3.05, 3.63) is 70.8 Å². The lowest BCUT2D eigenvalue weighted by atomic mass is 9.98. The van der Waals surface area contributed by atoms with Crippen molar-refractivity contribution in [3.8, 4) is 22.5 Å². The smallest absolute Gasteiger partial charge is 0.180 e. The summed E-state index contributed by atoms with van der Waals surface area (Å²) in [5, 5.41) is 14.7. The SMILES string of the molecule is CCCCc1nc(Cl)c(CON)n1Cc1ccc(-c2ccccc2-c2nnn[nH]2)cc1. The molecule has 0 aliphatic heterocycles. The van der Waals surface area contributed by atoms with Crippen LogP contribution >= 0.6 is 11.6 Å². The Bertz CT molecular complexity index is 1120. The van der Waals surface area contributed by atoms with Gasteiger partial charge in [-0.2, -0.15) is 0 Å². The molecule has 0 unspecified atom stereocenters. The second-order valence-corrected chi connectivity index (χ2v) is 7.62. The Morgan fingerprint density at radius 1 is 1.10 bits per heavy atom. The number of nitrogens with one attached hydrogen (secondary N) is 1. The molecule has 0 bridgehead atoms. The number of tetrazole rings is 1. The first kappa shape index (κ1) is 21.2. The average Bonchev–Trinajstić information content (AvgIpc) is 3.43. The molecule has 9 heteroatoms. The predicted molar refractivity (Wildman–Crippen MR) is 119 cm³/mol. The van der Waals surface area contributed by atoms with E-state index in [2.05, 4.69) is 67.4 Å². The van der Waals surface area contributed by atoms with Crippen molar-refractivity contribution in [2.75, 3.05) is 0 Å². The van der Waals surface area contributed by atoms with Crippen LogP contribution in [0.1, 0.15) is 36.8 Å². The minimum absolute atomic E-state index is 0.217. The van der Waals surface area contributed by atoms with E-state index in [0.717, 1.165) is 53.0 Å². The molecule has 0 amide bonds. The number of unbranched alkanes of at least 4 members (excludes halogenated alkanes) is 1. The Kier molecular flexibility index (Phi) is 6.71. The van der Waals surface area contributed by atoms with Gasteiger partial charge in [-0.1, -0.05) is 73.5 Å². The van der Waals surface area contributed by atoms with Crippen LogP contribution in [0.25, 0.3) is 22.5 Å². The quantitative estimate of drug-likeness (QED) is 0.380. The maximum atomic E-state index is 6.36. The van der Waals surface area contributed by atoms with E-state index >= 15 is 0 Å². The average molecular weight is 438 g/mol. The van der Waals surface area contributed by atoms with Crippen molar-refractivity contribution in [1.82, 2.24) is 30.2 Å². The van der Waals surface area contributed by atoms with Gasteiger partial charge in [0, 0.05) is 18.5 Å². The number of benzene rings is 2. The molecule has 4 rings (SSSR count). The molecule has 0 aliphatic rings. The summed E-state index contributed by atoms with van der Waals surface area (Å²) < 4.78 is 2.11. The minimum atomic E-state index is 0.217. The van der Waals surface area contributed by atoms with Crippen LogP contribution in [0.3, 0.4) is 0 Å². The number of nitrogens with two attached hydrogens (primary N) is 1. The molecule has 4 aromatic rings. The van der Waals surface area contributed by atoms with E-state index in [9.17, 15) is 0 Å². The highest BCUT2D eigenvalue weighted by atomic mass is 35.5. The van der Waals surface area contributed by atoms with Crippen molar-refractivity contribution < 1.29 is 4.84 Å². The summed E-state index contributed by atoms with van der Waals surface area (Å²) in [4.78, 5) is 9.40. The fourth-order valence-corrected chi connectivity index (χ4v) is 3.88. The van der Waals surface area contributed by atoms with Crippen LogP contribution in [0.15, 0.2) is 48.5 Å². The number of aryl methyl sites for hydroxylation is 1. The summed E-state index contributed by atoms with van der Waals surface area (Å²) in [6.07, 6.45) is 2.99. The van der Waals surface area contributed by atoms with Gasteiger partial charge in [0.2, 0.25) is 0 Å². The van der Waals surface area contributed by atoms with Crippen LogP contribution < -0.4 is 5.90 Å². The number of hydrogen-bond donors (Lipinski definition) is 2. The first-order valence-electron chi connectivity index (χ1n) is 10.2. The standard InChI is InChI=1S/C22H24ClN7O/c1-2-3-8-20-25-21(23)19(14-31-24)30(20)13-15-9-11-16(12-10-15)17-6-4-5-7-18(17)22-26-28-29-27-22/h4-7,9-12H,2-3,8,13-14,24H2,1H3,(H,26,27,28,29). The van der Waals surface area contributed by atoms with Crippen LogP contribution in [-0.2, 0) is 24.4 Å². The van der Waals surface area contributed by atoms with E-state index in [-0.39, 0.29) is 6.61 Å². The lowest BCUT2D eigenvalue weighted by molar-refractivity contribution is 0.119. The molecule has 2 aromatic heterocycles. The van der Waals surface area contributed by atoms with Gasteiger partial charge >= 0.3 is 0 Å². The van der Waals surface area contributed by atoms with E-state index in [1.54, 1.807) is 0 Å². The molecule has 8 nitrogen and oxygen atoms in total. The number of rotatable bonds is 9. The summed E-state index contributed by atoms with van der Waals surface area (Å²) in [5.41, 5.74) is 5.01. The zero-order valence-electron chi connectivity index (χ0n) is 17.3. The van der Waals surface area contributed by atoms with Crippen molar-refractivity contribution in [2.24, 2.45) is 5.90 Å². The molecule has 160 valence electrons. The van der Waals surface area contributed by atoms with Crippen LogP contribution in [0, 0.1) is 0 Å². The Morgan fingerprint density at radius 2 is 1.87 bits per heavy atom. The summed E-state index contributed by atoms with van der Waals surface area (Å²) in [5.74, 6) is 6.91. The maximum absolute atomic E-state index is 6.36. The molecule has 0 fully saturated rings. The highest BCUT2D eigenvalue weighted by Gasteiger charge is 2.16. The Morgan fingerprint density at radius 3 is 2.55 bits per heavy atom. The number of H-pyrrole nitrogens is 1. The molecule has 0 atom stereocenters. The Hall–Kier alpha value is -3.07. The number of imidazole rings is 1. The number of nitrogens with zero attached hydrogens (tertiary/aromatic N) is 5. The number of hydrogen-bond acceptors (Lipinski definition) is 6. The third-order valence-electron chi connectivity index (χ3n) is 5.21. The summed E-state index contributed by atoms with van der Waals surface area (Å²) in [6.45, 7) is 3.02. The third-order valence-corrected chi connectivity index (χ3v) is 5.51. The molecule has 0 spiro atoms. The fourth-order valence-electron chi connectivity index (χ4n) is 3.62. The van der Waals surface area contributed by atoms with Crippen molar-refractivity contribution >= 4 is 11.6 Å². The van der Waals surface area contributed by atoms with Gasteiger partial charge in [0.25, 0.3) is 0 Å². The predicted octanol–water partition coefficient (Wildman–Crippen LogP) is 4.16. The highest BCUT2D eigenvalue weighted by molar-refractivity contribution is 6.30. The van der Waals surface area contributed by atoms with Gasteiger partial charge in [-0.05, 0) is 33.5 Å². The van der Waals surface area contributed by atoms with Gasteiger partial charge in [0.05, 0.1) is 5.69 Å². The van der Waals surface area contributed by atoms with Gasteiger partial charge < -0.3 is 4.57 Å². The maximum Gasteiger partial charge on any atom is 0.180 e. The Labute approximate surface area is 185 Å². The van der Waals surface area contributed by atoms with Crippen molar-refractivity contribution in [1.29, 1.82) is 0 Å². The molecular weight excluding hydrogens is 414 g/mol. The molecule has 3 N–H and O–H groups in total. The second kappa shape index (κ2) is 9.82. The Balaban J connectivity index is 1.62. The van der Waals surface area contributed by atoms with Crippen LogP contribution in [0.5, 0.6) is 0 Å². The molecular formula is C22H24ClN7O. The lowest BCUT2D eigenvalue weighted by Crippen LogP contribution is -2.11. The number of halogens is 1. The highest BCUT2D eigenvalue weighted by Crippen LogP contribution is 2.30. The lowest BCUT2D eigenvalue weighted by Gasteiger charge is -2.13. The molecule has 0 aliphatic carbocycles. The van der Waals surface area contributed by atoms with E-state index in [1.807, 2.05) is 18.2 Å². The van der Waals surface area contributed by atoms with Crippen LogP contribution in [0.4, 0.5) is 0 Å². The number of aromatic amines is 1. The molecule has 0 saturated heterocycles. The van der Waals surface area contributed by atoms with Crippen LogP contribution in [0.2, 0.25) is 5.15 Å². The molecule has 31 heavy (non-hydrogen) atoms. The van der Waals surface area contributed by atoms with Crippen molar-refractivity contribution in [3.63, 3.8) is 0 Å². The zero-order chi connectivity index (χ0) is 21.6. The second-order valence-electron chi connectivity index (χ2n) is 7.26. The largest absolute Gasteiger partial charge is 0.324 e. The van der Waals surface area contributed by atoms with Crippen LogP contribution in [-0.4, -0.2) is 30.2 Å². The van der Waals surface area contributed by atoms with E-state index in [4.69, 9.17) is 22.3 Å². The topological polar surface area (TPSA) is 108 Å².